The van der Waals surface area contributed by atoms with Crippen molar-refractivity contribution in [2.24, 2.45) is 0 Å². The highest BCUT2D eigenvalue weighted by atomic mass is 16.6. The number of benzene rings is 2. The highest BCUT2D eigenvalue weighted by Gasteiger charge is 2.30. The van der Waals surface area contributed by atoms with Crippen molar-refractivity contribution >= 4 is 11.9 Å². The number of alkyl carbamates (subject to hydrolysis) is 1. The van der Waals surface area contributed by atoms with Crippen molar-refractivity contribution in [2.45, 2.75) is 18.1 Å². The Labute approximate surface area is 183 Å². The Balaban J connectivity index is 1.36. The average Bonchev–Trinajstić information content (AvgIpc) is 3.14. The van der Waals surface area contributed by atoms with Crippen LogP contribution in [0, 0.1) is 10.1 Å². The maximum absolute atomic E-state index is 12.2. The molecule has 3 aromatic rings. The molecule has 0 radical (unpaired) electrons. The third-order valence-electron chi connectivity index (χ3n) is 5.47. The Hall–Kier alpha value is -3.82. The molecule has 1 aliphatic carbocycles. The first-order chi connectivity index (χ1) is 15.5. The molecule has 1 aliphatic rings. The van der Waals surface area contributed by atoms with E-state index in [9.17, 15) is 25.1 Å². The number of amides is 1. The molecule has 2 atom stereocenters. The van der Waals surface area contributed by atoms with Gasteiger partial charge in [0.05, 0.1) is 5.56 Å². The van der Waals surface area contributed by atoms with Gasteiger partial charge in [0.25, 0.3) is 0 Å². The minimum Gasteiger partial charge on any atom is -0.449 e. The fraction of sp³-hybridized carbons (Fsp3) is 0.217. The molecule has 0 aliphatic heterocycles. The summed E-state index contributed by atoms with van der Waals surface area (Å²) in [5.74, 6) is -0.665. The molecule has 32 heavy (non-hydrogen) atoms. The molecule has 0 bridgehead atoms. The Morgan fingerprint density at radius 2 is 1.69 bits per heavy atom. The van der Waals surface area contributed by atoms with Crippen LogP contribution in [0.2, 0.25) is 0 Å². The lowest BCUT2D eigenvalue weighted by molar-refractivity contribution is -0.391. The van der Waals surface area contributed by atoms with Crippen molar-refractivity contribution in [3.63, 3.8) is 0 Å². The first kappa shape index (κ1) is 21.4. The van der Waals surface area contributed by atoms with E-state index < -0.39 is 29.0 Å². The molecular formula is C23H21N3O6. The number of pyridine rings is 1. The second kappa shape index (κ2) is 9.13. The lowest BCUT2D eigenvalue weighted by atomic mass is 9.98. The minimum atomic E-state index is -1.60. The van der Waals surface area contributed by atoms with Crippen LogP contribution in [0.3, 0.4) is 0 Å². The van der Waals surface area contributed by atoms with Gasteiger partial charge in [-0.1, -0.05) is 48.5 Å². The van der Waals surface area contributed by atoms with Crippen LogP contribution < -0.4 is 5.32 Å². The predicted molar refractivity (Wildman–Crippen MR) is 115 cm³/mol. The van der Waals surface area contributed by atoms with Gasteiger partial charge in [0.2, 0.25) is 0 Å². The van der Waals surface area contributed by atoms with E-state index in [0.717, 1.165) is 22.3 Å². The third-order valence-corrected chi connectivity index (χ3v) is 5.47. The summed E-state index contributed by atoms with van der Waals surface area (Å²) < 4.78 is 5.37. The van der Waals surface area contributed by atoms with E-state index in [1.165, 1.54) is 18.3 Å². The molecule has 0 spiro atoms. The largest absolute Gasteiger partial charge is 0.449 e. The summed E-state index contributed by atoms with van der Waals surface area (Å²) in [5.41, 5.74) is 4.21. The zero-order valence-corrected chi connectivity index (χ0v) is 16.9. The van der Waals surface area contributed by atoms with E-state index >= 15 is 0 Å². The SMILES string of the molecule is O=C(NCC(O)C(O)c1cccnc1[N+](=O)[O-])OCC1c2ccccc2-c2ccccc21. The van der Waals surface area contributed by atoms with Gasteiger partial charge >= 0.3 is 11.9 Å². The number of hydrogen-bond donors (Lipinski definition) is 3. The van der Waals surface area contributed by atoms with Gasteiger partial charge in [0.15, 0.2) is 0 Å². The normalized spacial score (nSPS) is 14.2. The van der Waals surface area contributed by atoms with Crippen LogP contribution >= 0.6 is 0 Å². The lowest BCUT2D eigenvalue weighted by Crippen LogP contribution is -2.36. The number of carbonyl (C=O) groups excluding carboxylic acids is 1. The van der Waals surface area contributed by atoms with Crippen LogP contribution in [-0.4, -0.2) is 45.5 Å². The molecule has 2 unspecified atom stereocenters. The van der Waals surface area contributed by atoms with E-state index in [-0.39, 0.29) is 24.6 Å². The summed E-state index contributed by atoms with van der Waals surface area (Å²) in [5, 5.41) is 33.9. The Morgan fingerprint density at radius 3 is 2.31 bits per heavy atom. The van der Waals surface area contributed by atoms with Gasteiger partial charge in [-0.3, -0.25) is 0 Å². The molecule has 0 fully saturated rings. The number of rotatable bonds is 7. The molecule has 0 saturated carbocycles. The molecule has 1 heterocycles. The summed E-state index contributed by atoms with van der Waals surface area (Å²) >= 11 is 0. The van der Waals surface area contributed by atoms with E-state index in [4.69, 9.17) is 4.74 Å². The maximum Gasteiger partial charge on any atom is 0.407 e. The van der Waals surface area contributed by atoms with Gasteiger partial charge in [-0.05, 0) is 44.3 Å². The quantitative estimate of drug-likeness (QED) is 0.384. The second-order valence-electron chi connectivity index (χ2n) is 7.39. The molecule has 164 valence electrons. The van der Waals surface area contributed by atoms with Crippen molar-refractivity contribution in [3.05, 3.63) is 93.7 Å². The van der Waals surface area contributed by atoms with Crippen molar-refractivity contribution in [1.82, 2.24) is 10.3 Å². The summed E-state index contributed by atoms with van der Waals surface area (Å²) in [7, 11) is 0. The number of aromatic nitrogens is 1. The minimum absolute atomic E-state index is 0.104. The standard InChI is InChI=1S/C23H21N3O6/c27-20(21(28)18-10-5-11-24-22(18)26(30)31)12-25-23(29)32-13-19-16-8-3-1-6-14(16)15-7-2-4-9-17(15)19/h1-11,19-21,27-28H,12-13H2,(H,25,29). The zero-order valence-electron chi connectivity index (χ0n) is 16.9. The second-order valence-corrected chi connectivity index (χ2v) is 7.39. The molecule has 9 heteroatoms. The molecule has 4 rings (SSSR count). The van der Waals surface area contributed by atoms with E-state index in [2.05, 4.69) is 10.3 Å². The average molecular weight is 435 g/mol. The van der Waals surface area contributed by atoms with Gasteiger partial charge in [-0.25, -0.2) is 4.79 Å². The summed E-state index contributed by atoms with van der Waals surface area (Å²) in [6.07, 6.45) is -2.63. The Bertz CT molecular complexity index is 1110. The fourth-order valence-electron chi connectivity index (χ4n) is 3.95. The predicted octanol–water partition coefficient (Wildman–Crippen LogP) is 2.92. The number of aliphatic hydroxyl groups excluding tert-OH is 2. The Morgan fingerprint density at radius 1 is 1.06 bits per heavy atom. The monoisotopic (exact) mass is 435 g/mol. The smallest absolute Gasteiger partial charge is 0.407 e. The van der Waals surface area contributed by atoms with Gasteiger partial charge in [-0.15, -0.1) is 0 Å². The summed E-state index contributed by atoms with van der Waals surface area (Å²) in [6.45, 7) is -0.253. The number of nitrogens with zero attached hydrogens (tertiary/aromatic N) is 2. The van der Waals surface area contributed by atoms with E-state index in [0.29, 0.717) is 0 Å². The van der Waals surface area contributed by atoms with Crippen LogP contribution in [-0.2, 0) is 4.74 Å². The van der Waals surface area contributed by atoms with Gasteiger partial charge in [-0.2, -0.15) is 0 Å². The number of aliphatic hydroxyl groups is 2. The first-order valence-corrected chi connectivity index (χ1v) is 10.0. The van der Waals surface area contributed by atoms with Crippen molar-refractivity contribution in [1.29, 1.82) is 0 Å². The van der Waals surface area contributed by atoms with Crippen LogP contribution in [0.15, 0.2) is 66.9 Å². The lowest BCUT2D eigenvalue weighted by Gasteiger charge is -2.19. The van der Waals surface area contributed by atoms with Crippen LogP contribution in [0.25, 0.3) is 11.1 Å². The van der Waals surface area contributed by atoms with Crippen molar-refractivity contribution in [3.8, 4) is 11.1 Å². The third kappa shape index (κ3) is 4.16. The number of nitro groups is 1. The van der Waals surface area contributed by atoms with Crippen LogP contribution in [0.1, 0.15) is 28.7 Å². The highest BCUT2D eigenvalue weighted by molar-refractivity contribution is 5.79. The van der Waals surface area contributed by atoms with Gasteiger partial charge in [0.1, 0.15) is 25.0 Å². The summed E-state index contributed by atoms with van der Waals surface area (Å²) in [4.78, 5) is 26.1. The number of ether oxygens (including phenoxy) is 1. The van der Waals surface area contributed by atoms with Crippen LogP contribution in [0.5, 0.6) is 0 Å². The van der Waals surface area contributed by atoms with Gasteiger partial charge < -0.3 is 30.4 Å². The number of fused-ring (bicyclic) bond motifs is 3. The van der Waals surface area contributed by atoms with Crippen molar-refractivity contribution < 1.29 is 24.7 Å². The topological polar surface area (TPSA) is 135 Å². The molecule has 3 N–H and O–H groups in total. The molecule has 1 aromatic heterocycles. The Kier molecular flexibility index (Phi) is 6.11. The molecular weight excluding hydrogens is 414 g/mol. The number of nitrogens with one attached hydrogen (secondary N) is 1. The summed E-state index contributed by atoms with van der Waals surface area (Å²) in [6, 6.07) is 18.6. The zero-order chi connectivity index (χ0) is 22.7. The van der Waals surface area contributed by atoms with E-state index in [1.54, 1.807) is 0 Å². The van der Waals surface area contributed by atoms with Crippen molar-refractivity contribution in [2.75, 3.05) is 13.2 Å². The number of carbonyl (C=O) groups is 1. The van der Waals surface area contributed by atoms with E-state index in [1.807, 2.05) is 48.5 Å². The molecule has 1 amide bonds. The molecule has 0 saturated heterocycles. The van der Waals surface area contributed by atoms with Gasteiger partial charge in [0, 0.05) is 12.5 Å². The molecule has 2 aromatic carbocycles. The number of hydrogen-bond acceptors (Lipinski definition) is 7. The maximum atomic E-state index is 12.2. The first-order valence-electron chi connectivity index (χ1n) is 10.0. The molecule has 9 nitrogen and oxygen atoms in total. The van der Waals surface area contributed by atoms with Crippen LogP contribution in [0.4, 0.5) is 10.6 Å². The fourth-order valence-corrected chi connectivity index (χ4v) is 3.95. The highest BCUT2D eigenvalue weighted by Crippen LogP contribution is 2.44.